The predicted octanol–water partition coefficient (Wildman–Crippen LogP) is 3.67. The van der Waals surface area contributed by atoms with Gasteiger partial charge in [0.15, 0.2) is 11.6 Å². The highest BCUT2D eigenvalue weighted by Crippen LogP contribution is 2.21. The molecule has 3 rings (SSSR count). The molecule has 0 unspecified atom stereocenters. The number of nitrogens with one attached hydrogen (secondary N) is 1. The lowest BCUT2D eigenvalue weighted by Crippen LogP contribution is -2.01. The van der Waals surface area contributed by atoms with Gasteiger partial charge in [0.2, 0.25) is 0 Å². The zero-order valence-corrected chi connectivity index (χ0v) is 13.2. The van der Waals surface area contributed by atoms with Crippen LogP contribution in [0.3, 0.4) is 0 Å². The maximum atomic E-state index is 13.7. The number of aromatic nitrogens is 2. The van der Waals surface area contributed by atoms with Crippen LogP contribution in [0.25, 0.3) is 23.2 Å². The van der Waals surface area contributed by atoms with Crippen LogP contribution < -0.4 is 4.74 Å². The largest absolute Gasteiger partial charge is 0.494 e. The first-order chi connectivity index (χ1) is 11.6. The standard InChI is InChI=1S/C18H15FN2O3/c1-23-15-8-6-11(10-13(15)19)7-9-16-20-14-5-3-4-12(17(14)21-16)18(22)24-2/h3-10H,1-2H3,(H,20,21). The Labute approximate surface area is 137 Å². The zero-order chi connectivity index (χ0) is 17.1. The smallest absolute Gasteiger partial charge is 0.340 e. The van der Waals surface area contributed by atoms with Crippen LogP contribution in [0.5, 0.6) is 5.75 Å². The number of aromatic amines is 1. The van der Waals surface area contributed by atoms with E-state index in [1.807, 2.05) is 6.07 Å². The van der Waals surface area contributed by atoms with Gasteiger partial charge in [-0.05, 0) is 35.9 Å². The van der Waals surface area contributed by atoms with Gasteiger partial charge in [0.05, 0.1) is 25.3 Å². The van der Waals surface area contributed by atoms with E-state index in [4.69, 9.17) is 9.47 Å². The van der Waals surface area contributed by atoms with Gasteiger partial charge in [-0.25, -0.2) is 14.2 Å². The van der Waals surface area contributed by atoms with Crippen LogP contribution in [0.1, 0.15) is 21.7 Å². The van der Waals surface area contributed by atoms with Crippen LogP contribution in [0, 0.1) is 5.82 Å². The van der Waals surface area contributed by atoms with E-state index < -0.39 is 11.8 Å². The number of hydrogen-bond donors (Lipinski definition) is 1. The van der Waals surface area contributed by atoms with E-state index >= 15 is 0 Å². The molecule has 0 bridgehead atoms. The predicted molar refractivity (Wildman–Crippen MR) is 89.3 cm³/mol. The van der Waals surface area contributed by atoms with Crippen LogP contribution in [-0.4, -0.2) is 30.2 Å². The molecule has 24 heavy (non-hydrogen) atoms. The molecule has 5 nitrogen and oxygen atoms in total. The number of carbonyl (C=O) groups excluding carboxylic acids is 1. The van der Waals surface area contributed by atoms with Crippen molar-refractivity contribution < 1.29 is 18.7 Å². The highest BCUT2D eigenvalue weighted by Gasteiger charge is 2.13. The van der Waals surface area contributed by atoms with E-state index in [0.717, 1.165) is 5.52 Å². The third kappa shape index (κ3) is 2.99. The van der Waals surface area contributed by atoms with E-state index in [0.29, 0.717) is 22.5 Å². The summed E-state index contributed by atoms with van der Waals surface area (Å²) >= 11 is 0. The normalized spacial score (nSPS) is 11.1. The molecule has 3 aromatic rings. The Morgan fingerprint density at radius 1 is 1.21 bits per heavy atom. The van der Waals surface area contributed by atoms with Crippen molar-refractivity contribution >= 4 is 29.2 Å². The molecular formula is C18H15FN2O3. The lowest BCUT2D eigenvalue weighted by atomic mass is 10.2. The van der Waals surface area contributed by atoms with Crippen molar-refractivity contribution in [1.82, 2.24) is 9.97 Å². The van der Waals surface area contributed by atoms with E-state index in [1.165, 1.54) is 20.3 Å². The van der Waals surface area contributed by atoms with Crippen molar-refractivity contribution in [2.45, 2.75) is 0 Å². The number of ether oxygens (including phenoxy) is 2. The topological polar surface area (TPSA) is 64.2 Å². The van der Waals surface area contributed by atoms with Gasteiger partial charge in [-0.3, -0.25) is 0 Å². The molecule has 0 aliphatic heterocycles. The minimum Gasteiger partial charge on any atom is -0.494 e. The van der Waals surface area contributed by atoms with Crippen molar-refractivity contribution in [3.8, 4) is 5.75 Å². The second kappa shape index (κ2) is 6.54. The number of halogens is 1. The van der Waals surface area contributed by atoms with Gasteiger partial charge in [-0.2, -0.15) is 0 Å². The third-order valence-electron chi connectivity index (χ3n) is 3.55. The lowest BCUT2D eigenvalue weighted by molar-refractivity contribution is 0.0603. The van der Waals surface area contributed by atoms with Crippen molar-refractivity contribution in [2.24, 2.45) is 0 Å². The molecule has 1 N–H and O–H groups in total. The Morgan fingerprint density at radius 2 is 2.04 bits per heavy atom. The summed E-state index contributed by atoms with van der Waals surface area (Å²) < 4.78 is 23.3. The van der Waals surface area contributed by atoms with Gasteiger partial charge in [-0.1, -0.05) is 18.2 Å². The number of rotatable bonds is 4. The quantitative estimate of drug-likeness (QED) is 0.743. The van der Waals surface area contributed by atoms with Crippen molar-refractivity contribution in [3.05, 3.63) is 59.2 Å². The number of benzene rings is 2. The molecule has 0 amide bonds. The fraction of sp³-hybridized carbons (Fsp3) is 0.111. The summed E-state index contributed by atoms with van der Waals surface area (Å²) in [4.78, 5) is 19.3. The summed E-state index contributed by atoms with van der Waals surface area (Å²) in [5.74, 6) is -0.131. The first-order valence-electron chi connectivity index (χ1n) is 7.21. The molecule has 0 radical (unpaired) electrons. The molecule has 0 aliphatic carbocycles. The maximum Gasteiger partial charge on any atom is 0.340 e. The van der Waals surface area contributed by atoms with Gasteiger partial charge in [0.1, 0.15) is 11.3 Å². The summed E-state index contributed by atoms with van der Waals surface area (Å²) in [6.45, 7) is 0. The van der Waals surface area contributed by atoms with E-state index in [2.05, 4.69) is 9.97 Å². The average molecular weight is 326 g/mol. The van der Waals surface area contributed by atoms with Gasteiger partial charge < -0.3 is 14.5 Å². The third-order valence-corrected chi connectivity index (χ3v) is 3.55. The molecule has 0 atom stereocenters. The first kappa shape index (κ1) is 15.7. The number of imidazole rings is 1. The van der Waals surface area contributed by atoms with Gasteiger partial charge >= 0.3 is 5.97 Å². The number of nitrogens with zero attached hydrogens (tertiary/aromatic N) is 1. The number of para-hydroxylation sites is 1. The monoisotopic (exact) mass is 326 g/mol. The number of carbonyl (C=O) groups is 1. The lowest BCUT2D eigenvalue weighted by Gasteiger charge is -2.01. The molecule has 0 aliphatic rings. The summed E-state index contributed by atoms with van der Waals surface area (Å²) in [5, 5.41) is 0. The number of methoxy groups -OCH3 is 2. The van der Waals surface area contributed by atoms with Crippen molar-refractivity contribution in [1.29, 1.82) is 0 Å². The number of H-pyrrole nitrogens is 1. The Bertz CT molecular complexity index is 931. The van der Waals surface area contributed by atoms with E-state index in [1.54, 1.807) is 36.4 Å². The summed E-state index contributed by atoms with van der Waals surface area (Å²) in [5.41, 5.74) is 2.31. The number of esters is 1. The molecule has 2 aromatic carbocycles. The molecule has 1 heterocycles. The Balaban J connectivity index is 1.93. The second-order valence-corrected chi connectivity index (χ2v) is 5.04. The van der Waals surface area contributed by atoms with Gasteiger partial charge in [0.25, 0.3) is 0 Å². The molecule has 0 saturated heterocycles. The van der Waals surface area contributed by atoms with Crippen LogP contribution >= 0.6 is 0 Å². The Kier molecular flexibility index (Phi) is 4.29. The molecule has 122 valence electrons. The highest BCUT2D eigenvalue weighted by atomic mass is 19.1. The van der Waals surface area contributed by atoms with E-state index in [9.17, 15) is 9.18 Å². The molecule has 0 fully saturated rings. The first-order valence-corrected chi connectivity index (χ1v) is 7.21. The van der Waals surface area contributed by atoms with E-state index in [-0.39, 0.29) is 5.75 Å². The zero-order valence-electron chi connectivity index (χ0n) is 13.2. The fourth-order valence-corrected chi connectivity index (χ4v) is 2.37. The summed E-state index contributed by atoms with van der Waals surface area (Å²) in [6.07, 6.45) is 3.43. The molecule has 0 saturated carbocycles. The van der Waals surface area contributed by atoms with Gasteiger partial charge in [0, 0.05) is 0 Å². The molecule has 6 heteroatoms. The molecular weight excluding hydrogens is 311 g/mol. The van der Waals surface area contributed by atoms with Crippen molar-refractivity contribution in [2.75, 3.05) is 14.2 Å². The van der Waals surface area contributed by atoms with Crippen LogP contribution in [-0.2, 0) is 4.74 Å². The highest BCUT2D eigenvalue weighted by molar-refractivity contribution is 6.02. The summed E-state index contributed by atoms with van der Waals surface area (Å²) in [6, 6.07) is 9.89. The maximum absolute atomic E-state index is 13.7. The van der Waals surface area contributed by atoms with Crippen LogP contribution in [0.15, 0.2) is 36.4 Å². The average Bonchev–Trinajstić information content (AvgIpc) is 3.02. The SMILES string of the molecule is COC(=O)c1cccc2[nH]c(C=Cc3ccc(OC)c(F)c3)nc12. The van der Waals surface area contributed by atoms with Gasteiger partial charge in [-0.15, -0.1) is 0 Å². The summed E-state index contributed by atoms with van der Waals surface area (Å²) in [7, 11) is 2.74. The molecule has 1 aromatic heterocycles. The fourth-order valence-electron chi connectivity index (χ4n) is 2.37. The van der Waals surface area contributed by atoms with Crippen LogP contribution in [0.4, 0.5) is 4.39 Å². The minimum absolute atomic E-state index is 0.193. The number of fused-ring (bicyclic) bond motifs is 1. The van der Waals surface area contributed by atoms with Crippen molar-refractivity contribution in [3.63, 3.8) is 0 Å². The number of hydrogen-bond acceptors (Lipinski definition) is 4. The Hall–Kier alpha value is -3.15. The molecule has 0 spiro atoms. The Morgan fingerprint density at radius 3 is 2.75 bits per heavy atom. The minimum atomic E-state index is -0.445. The van der Waals surface area contributed by atoms with Crippen LogP contribution in [0.2, 0.25) is 0 Å². The second-order valence-electron chi connectivity index (χ2n) is 5.04.